The van der Waals surface area contributed by atoms with Crippen LogP contribution in [0.5, 0.6) is 0 Å². The Bertz CT molecular complexity index is 510. The van der Waals surface area contributed by atoms with E-state index in [-0.39, 0.29) is 0 Å². The standard InChI is InChI=1S/C9H13N5OS/c1-5(15)11-8-6-7(10-4-14(6)2)12-9(13-8)16-3/h4-5,15H,1-3H3,(H,11,12,13). The van der Waals surface area contributed by atoms with Crippen LogP contribution in [0.1, 0.15) is 6.92 Å². The van der Waals surface area contributed by atoms with Gasteiger partial charge in [0.15, 0.2) is 16.6 Å². The van der Waals surface area contributed by atoms with Crippen LogP contribution in [0.25, 0.3) is 11.2 Å². The number of rotatable bonds is 3. The van der Waals surface area contributed by atoms with Crippen LogP contribution in [-0.2, 0) is 7.05 Å². The molecule has 0 aliphatic heterocycles. The Balaban J connectivity index is 2.61. The van der Waals surface area contributed by atoms with Crippen LogP contribution in [0.2, 0.25) is 0 Å². The monoisotopic (exact) mass is 239 g/mol. The molecule has 0 fully saturated rings. The van der Waals surface area contributed by atoms with Gasteiger partial charge < -0.3 is 15.0 Å². The third kappa shape index (κ3) is 1.96. The molecule has 0 amide bonds. The number of hydrogen-bond acceptors (Lipinski definition) is 6. The van der Waals surface area contributed by atoms with Crippen molar-refractivity contribution in [2.24, 2.45) is 7.05 Å². The highest BCUT2D eigenvalue weighted by Crippen LogP contribution is 2.22. The summed E-state index contributed by atoms with van der Waals surface area (Å²) in [5, 5.41) is 12.9. The Labute approximate surface area is 97.1 Å². The molecule has 0 radical (unpaired) electrons. The number of nitrogens with one attached hydrogen (secondary N) is 1. The highest BCUT2D eigenvalue weighted by atomic mass is 32.2. The number of aromatic nitrogens is 4. The summed E-state index contributed by atoms with van der Waals surface area (Å²) in [5.41, 5.74) is 1.42. The Kier molecular flexibility index (Phi) is 2.97. The van der Waals surface area contributed by atoms with E-state index in [1.807, 2.05) is 17.9 Å². The summed E-state index contributed by atoms with van der Waals surface area (Å²) < 4.78 is 1.82. The average molecular weight is 239 g/mol. The quantitative estimate of drug-likeness (QED) is 0.469. The number of imidazole rings is 1. The Morgan fingerprint density at radius 3 is 2.88 bits per heavy atom. The van der Waals surface area contributed by atoms with Gasteiger partial charge in [0.25, 0.3) is 0 Å². The van der Waals surface area contributed by atoms with E-state index in [4.69, 9.17) is 0 Å². The molecule has 0 bridgehead atoms. The van der Waals surface area contributed by atoms with Gasteiger partial charge in [0.1, 0.15) is 11.7 Å². The summed E-state index contributed by atoms with van der Waals surface area (Å²) in [4.78, 5) is 12.8. The first-order valence-electron chi connectivity index (χ1n) is 4.79. The molecule has 86 valence electrons. The van der Waals surface area contributed by atoms with Crippen molar-refractivity contribution in [3.63, 3.8) is 0 Å². The van der Waals surface area contributed by atoms with Crippen LogP contribution < -0.4 is 5.32 Å². The van der Waals surface area contributed by atoms with Crippen molar-refractivity contribution in [2.45, 2.75) is 18.3 Å². The topological polar surface area (TPSA) is 75.9 Å². The second-order valence-corrected chi connectivity index (χ2v) is 4.18. The van der Waals surface area contributed by atoms with Crippen LogP contribution in [0.15, 0.2) is 11.5 Å². The molecule has 0 aromatic carbocycles. The molecule has 7 heteroatoms. The summed E-state index contributed by atoms with van der Waals surface area (Å²) >= 11 is 1.44. The molecule has 0 saturated carbocycles. The van der Waals surface area contributed by atoms with E-state index in [2.05, 4.69) is 20.3 Å². The molecule has 2 aromatic heterocycles. The molecular formula is C9H13N5OS. The summed E-state index contributed by atoms with van der Waals surface area (Å²) in [5.74, 6) is 0.601. The van der Waals surface area contributed by atoms with Gasteiger partial charge in [-0.2, -0.15) is 0 Å². The molecule has 1 atom stereocenters. The first kappa shape index (κ1) is 11.2. The minimum atomic E-state index is -0.664. The largest absolute Gasteiger partial charge is 0.374 e. The van der Waals surface area contributed by atoms with Crippen LogP contribution in [0.3, 0.4) is 0 Å². The lowest BCUT2D eigenvalue weighted by Gasteiger charge is -2.10. The summed E-state index contributed by atoms with van der Waals surface area (Å²) in [7, 11) is 1.87. The first-order valence-corrected chi connectivity index (χ1v) is 6.02. The van der Waals surface area contributed by atoms with Crippen LogP contribution in [0.4, 0.5) is 5.82 Å². The minimum Gasteiger partial charge on any atom is -0.374 e. The molecule has 2 rings (SSSR count). The predicted octanol–water partition coefficient (Wildman–Crippen LogP) is 0.835. The Morgan fingerprint density at radius 1 is 1.50 bits per heavy atom. The molecule has 1 unspecified atom stereocenters. The van der Waals surface area contributed by atoms with Crippen LogP contribution in [-0.4, -0.2) is 37.1 Å². The average Bonchev–Trinajstić information content (AvgIpc) is 2.59. The zero-order valence-corrected chi connectivity index (χ0v) is 10.1. The maximum absolute atomic E-state index is 9.35. The van der Waals surface area contributed by atoms with E-state index in [0.29, 0.717) is 16.6 Å². The molecule has 0 spiro atoms. The molecule has 16 heavy (non-hydrogen) atoms. The number of fused-ring (bicyclic) bond motifs is 1. The maximum Gasteiger partial charge on any atom is 0.191 e. The van der Waals surface area contributed by atoms with Gasteiger partial charge in [0.05, 0.1) is 6.33 Å². The third-order valence-electron chi connectivity index (χ3n) is 2.08. The Morgan fingerprint density at radius 2 is 2.25 bits per heavy atom. The fourth-order valence-corrected chi connectivity index (χ4v) is 1.79. The number of hydrogen-bond donors (Lipinski definition) is 2. The molecule has 0 aliphatic carbocycles. The zero-order valence-electron chi connectivity index (χ0n) is 9.30. The number of aryl methyl sites for hydroxylation is 1. The molecule has 6 nitrogen and oxygen atoms in total. The highest BCUT2D eigenvalue weighted by molar-refractivity contribution is 7.98. The van der Waals surface area contributed by atoms with E-state index < -0.39 is 6.23 Å². The minimum absolute atomic E-state index is 0.601. The molecule has 0 saturated heterocycles. The van der Waals surface area contributed by atoms with Crippen molar-refractivity contribution in [3.05, 3.63) is 6.33 Å². The second-order valence-electron chi connectivity index (χ2n) is 3.41. The smallest absolute Gasteiger partial charge is 0.191 e. The van der Waals surface area contributed by atoms with Gasteiger partial charge in [0, 0.05) is 7.05 Å². The first-order chi connectivity index (χ1) is 7.61. The van der Waals surface area contributed by atoms with Gasteiger partial charge >= 0.3 is 0 Å². The maximum atomic E-state index is 9.35. The van der Waals surface area contributed by atoms with Gasteiger partial charge in [-0.05, 0) is 13.2 Å². The van der Waals surface area contributed by atoms with Crippen molar-refractivity contribution in [2.75, 3.05) is 11.6 Å². The summed E-state index contributed by atoms with van der Waals surface area (Å²) in [6, 6.07) is 0. The lowest BCUT2D eigenvalue weighted by molar-refractivity contribution is 0.224. The lowest BCUT2D eigenvalue weighted by Crippen LogP contribution is -2.15. The van der Waals surface area contributed by atoms with Gasteiger partial charge in [0.2, 0.25) is 0 Å². The van der Waals surface area contributed by atoms with E-state index in [1.54, 1.807) is 13.3 Å². The zero-order chi connectivity index (χ0) is 11.7. The van der Waals surface area contributed by atoms with E-state index in [9.17, 15) is 5.11 Å². The number of aliphatic hydroxyl groups excluding tert-OH is 1. The summed E-state index contributed by atoms with van der Waals surface area (Å²) in [6.07, 6.45) is 2.91. The van der Waals surface area contributed by atoms with E-state index in [1.165, 1.54) is 11.8 Å². The van der Waals surface area contributed by atoms with Gasteiger partial charge in [-0.15, -0.1) is 0 Å². The predicted molar refractivity (Wildman–Crippen MR) is 63.4 cm³/mol. The second kappa shape index (κ2) is 4.26. The number of nitrogens with zero attached hydrogens (tertiary/aromatic N) is 4. The Hall–Kier alpha value is -1.34. The fraction of sp³-hybridized carbons (Fsp3) is 0.444. The van der Waals surface area contributed by atoms with Crippen LogP contribution in [0, 0.1) is 0 Å². The lowest BCUT2D eigenvalue weighted by atomic mass is 10.4. The molecular weight excluding hydrogens is 226 g/mol. The SMILES string of the molecule is CSc1nc(NC(C)O)c2c(ncn2C)n1. The normalized spacial score (nSPS) is 13.0. The number of aliphatic hydroxyl groups is 1. The van der Waals surface area contributed by atoms with Crippen molar-refractivity contribution < 1.29 is 5.11 Å². The van der Waals surface area contributed by atoms with Gasteiger partial charge in [-0.25, -0.2) is 15.0 Å². The highest BCUT2D eigenvalue weighted by Gasteiger charge is 2.12. The molecule has 2 aromatic rings. The molecule has 2 N–H and O–H groups in total. The van der Waals surface area contributed by atoms with Crippen LogP contribution >= 0.6 is 11.8 Å². The van der Waals surface area contributed by atoms with Crippen molar-refractivity contribution in [1.29, 1.82) is 0 Å². The molecule has 0 aliphatic rings. The van der Waals surface area contributed by atoms with E-state index in [0.717, 1.165) is 5.52 Å². The number of anilines is 1. The summed E-state index contributed by atoms with van der Waals surface area (Å²) in [6.45, 7) is 1.64. The third-order valence-corrected chi connectivity index (χ3v) is 2.63. The number of thioether (sulfide) groups is 1. The fourth-order valence-electron chi connectivity index (χ4n) is 1.43. The van der Waals surface area contributed by atoms with Crippen molar-refractivity contribution >= 4 is 28.7 Å². The van der Waals surface area contributed by atoms with Gasteiger partial charge in [-0.1, -0.05) is 11.8 Å². The van der Waals surface area contributed by atoms with E-state index >= 15 is 0 Å². The van der Waals surface area contributed by atoms with Gasteiger partial charge in [-0.3, -0.25) is 0 Å². The van der Waals surface area contributed by atoms with Crippen molar-refractivity contribution in [1.82, 2.24) is 19.5 Å². The van der Waals surface area contributed by atoms with Crippen molar-refractivity contribution in [3.8, 4) is 0 Å². The molecule has 2 heterocycles.